The Bertz CT molecular complexity index is 358. The first-order valence-corrected chi connectivity index (χ1v) is 6.52. The van der Waals surface area contributed by atoms with Crippen LogP contribution in [-0.4, -0.2) is 23.5 Å². The van der Waals surface area contributed by atoms with Gasteiger partial charge in [-0.3, -0.25) is 9.59 Å². The van der Waals surface area contributed by atoms with Gasteiger partial charge >= 0.3 is 5.97 Å². The number of hydrogen-bond donors (Lipinski definition) is 2. The zero-order chi connectivity index (χ0) is 14.3. The normalized spacial score (nSPS) is 25.9. The Labute approximate surface area is 109 Å². The lowest BCUT2D eigenvalue weighted by atomic mass is 9.81. The molecule has 0 radical (unpaired) electrons. The number of carboxylic acid groups (broad SMARTS) is 1. The van der Waals surface area contributed by atoms with Crippen molar-refractivity contribution in [3.63, 3.8) is 0 Å². The van der Waals surface area contributed by atoms with Gasteiger partial charge in [-0.25, -0.2) is 0 Å². The van der Waals surface area contributed by atoms with E-state index in [0.29, 0.717) is 12.5 Å². The van der Waals surface area contributed by atoms with Gasteiger partial charge in [-0.1, -0.05) is 41.5 Å². The topological polar surface area (TPSA) is 66.4 Å². The predicted molar refractivity (Wildman–Crippen MR) is 70.0 cm³/mol. The van der Waals surface area contributed by atoms with Crippen LogP contribution in [0.25, 0.3) is 0 Å². The average molecular weight is 255 g/mol. The number of nitrogens with one attached hydrogen (secondary N) is 1. The smallest absolute Gasteiger partial charge is 0.307 e. The lowest BCUT2D eigenvalue weighted by molar-refractivity contribution is -0.140. The maximum atomic E-state index is 12.0. The lowest BCUT2D eigenvalue weighted by Gasteiger charge is -2.29. The molecule has 0 heterocycles. The Kier molecular flexibility index (Phi) is 3.80. The molecule has 0 aromatic heterocycles. The third-order valence-corrected chi connectivity index (χ3v) is 4.66. The first kappa shape index (κ1) is 15.0. The molecule has 0 bridgehead atoms. The van der Waals surface area contributed by atoms with Gasteiger partial charge in [-0.2, -0.15) is 0 Å². The number of hydrogen-bond acceptors (Lipinski definition) is 2. The fourth-order valence-electron chi connectivity index (χ4n) is 2.22. The van der Waals surface area contributed by atoms with Gasteiger partial charge in [-0.15, -0.1) is 0 Å². The van der Waals surface area contributed by atoms with Crippen LogP contribution in [0, 0.1) is 28.6 Å². The summed E-state index contributed by atoms with van der Waals surface area (Å²) in [6.45, 7) is 12.7. The van der Waals surface area contributed by atoms with Crippen molar-refractivity contribution in [2.75, 3.05) is 6.54 Å². The van der Waals surface area contributed by atoms with E-state index in [9.17, 15) is 9.59 Å². The van der Waals surface area contributed by atoms with Gasteiger partial charge in [0.25, 0.3) is 0 Å². The third-order valence-electron chi connectivity index (χ3n) is 4.66. The van der Waals surface area contributed by atoms with Crippen LogP contribution < -0.4 is 5.32 Å². The van der Waals surface area contributed by atoms with Crippen LogP contribution in [0.4, 0.5) is 0 Å². The van der Waals surface area contributed by atoms with Crippen LogP contribution >= 0.6 is 0 Å². The fraction of sp³-hybridized carbons (Fsp3) is 0.857. The highest BCUT2D eigenvalue weighted by molar-refractivity contribution is 5.91. The van der Waals surface area contributed by atoms with Crippen molar-refractivity contribution in [3.05, 3.63) is 0 Å². The van der Waals surface area contributed by atoms with Crippen LogP contribution in [0.2, 0.25) is 0 Å². The summed E-state index contributed by atoms with van der Waals surface area (Å²) >= 11 is 0. The predicted octanol–water partition coefficient (Wildman–Crippen LogP) is 2.14. The molecule has 4 nitrogen and oxygen atoms in total. The van der Waals surface area contributed by atoms with Gasteiger partial charge in [0, 0.05) is 6.54 Å². The highest BCUT2D eigenvalue weighted by Crippen LogP contribution is 2.58. The lowest BCUT2D eigenvalue weighted by Crippen LogP contribution is -2.38. The van der Waals surface area contributed by atoms with Gasteiger partial charge in [0.2, 0.25) is 5.91 Å². The maximum absolute atomic E-state index is 12.0. The van der Waals surface area contributed by atoms with E-state index < -0.39 is 23.2 Å². The minimum absolute atomic E-state index is 0.0212. The van der Waals surface area contributed by atoms with E-state index in [4.69, 9.17) is 5.11 Å². The molecule has 0 aromatic carbocycles. The van der Waals surface area contributed by atoms with Crippen molar-refractivity contribution in [1.82, 2.24) is 5.32 Å². The van der Waals surface area contributed by atoms with Crippen molar-refractivity contribution in [2.24, 2.45) is 28.6 Å². The Morgan fingerprint density at radius 1 is 1.28 bits per heavy atom. The first-order valence-electron chi connectivity index (χ1n) is 6.52. The molecular formula is C14H25NO3. The van der Waals surface area contributed by atoms with Crippen molar-refractivity contribution in [2.45, 2.75) is 41.5 Å². The van der Waals surface area contributed by atoms with Gasteiger partial charge in [0.15, 0.2) is 0 Å². The second-order valence-electron chi connectivity index (χ2n) is 6.98. The van der Waals surface area contributed by atoms with E-state index in [2.05, 4.69) is 33.0 Å². The monoisotopic (exact) mass is 255 g/mol. The number of carbonyl (C=O) groups is 2. The molecule has 0 unspecified atom stereocenters. The molecule has 1 aliphatic carbocycles. The molecular weight excluding hydrogens is 230 g/mol. The summed E-state index contributed by atoms with van der Waals surface area (Å²) in [5.41, 5.74) is -0.398. The summed E-state index contributed by atoms with van der Waals surface area (Å²) in [5, 5.41) is 11.9. The van der Waals surface area contributed by atoms with Crippen molar-refractivity contribution < 1.29 is 14.7 Å². The zero-order valence-corrected chi connectivity index (χ0v) is 12.2. The second-order valence-corrected chi connectivity index (χ2v) is 6.98. The van der Waals surface area contributed by atoms with Crippen molar-refractivity contribution in [1.29, 1.82) is 0 Å². The van der Waals surface area contributed by atoms with Crippen LogP contribution in [0.3, 0.4) is 0 Å². The van der Waals surface area contributed by atoms with E-state index >= 15 is 0 Å². The third kappa shape index (κ3) is 2.68. The van der Waals surface area contributed by atoms with E-state index in [1.807, 2.05) is 13.8 Å². The van der Waals surface area contributed by atoms with Crippen LogP contribution in [0.5, 0.6) is 0 Å². The van der Waals surface area contributed by atoms with Gasteiger partial charge in [0.1, 0.15) is 0 Å². The van der Waals surface area contributed by atoms with Crippen molar-refractivity contribution >= 4 is 11.9 Å². The maximum Gasteiger partial charge on any atom is 0.307 e. The summed E-state index contributed by atoms with van der Waals surface area (Å²) in [4.78, 5) is 23.1. The van der Waals surface area contributed by atoms with Crippen LogP contribution in [0.1, 0.15) is 41.5 Å². The number of amides is 1. The highest BCUT2D eigenvalue weighted by atomic mass is 16.4. The van der Waals surface area contributed by atoms with Gasteiger partial charge < -0.3 is 10.4 Å². The number of aliphatic carboxylic acids is 1. The van der Waals surface area contributed by atoms with Crippen LogP contribution in [0.15, 0.2) is 0 Å². The molecule has 0 aromatic rings. The summed E-state index contributed by atoms with van der Waals surface area (Å²) < 4.78 is 0. The molecule has 1 rings (SSSR count). The molecule has 1 saturated carbocycles. The number of carboxylic acids is 1. The Hall–Kier alpha value is -1.06. The largest absolute Gasteiger partial charge is 0.481 e. The summed E-state index contributed by atoms with van der Waals surface area (Å²) in [6, 6.07) is 0. The van der Waals surface area contributed by atoms with E-state index in [-0.39, 0.29) is 11.3 Å². The molecule has 18 heavy (non-hydrogen) atoms. The van der Waals surface area contributed by atoms with E-state index in [1.54, 1.807) is 0 Å². The van der Waals surface area contributed by atoms with Gasteiger partial charge in [0.05, 0.1) is 11.8 Å². The van der Waals surface area contributed by atoms with E-state index in [1.165, 1.54) is 0 Å². The second kappa shape index (κ2) is 4.56. The molecule has 0 saturated heterocycles. The Morgan fingerprint density at radius 3 is 2.11 bits per heavy atom. The molecule has 2 N–H and O–H groups in total. The quantitative estimate of drug-likeness (QED) is 0.791. The standard InChI is InChI=1S/C14H25NO3/c1-8(2)13(3,4)7-15-11(16)9-10(12(17)18)14(9,5)6/h8-10H,7H2,1-6H3,(H,15,16)(H,17,18)/t9-,10+/m1/s1. The highest BCUT2D eigenvalue weighted by Gasteiger charge is 2.65. The molecule has 0 aliphatic heterocycles. The number of carbonyl (C=O) groups excluding carboxylic acids is 1. The zero-order valence-electron chi connectivity index (χ0n) is 12.2. The summed E-state index contributed by atoms with van der Waals surface area (Å²) in [6.07, 6.45) is 0. The molecule has 104 valence electrons. The molecule has 1 fully saturated rings. The molecule has 4 heteroatoms. The number of rotatable bonds is 5. The summed E-state index contributed by atoms with van der Waals surface area (Å²) in [5.74, 6) is -1.47. The SMILES string of the molecule is CC(C)C(C)(C)CNC(=O)[C@H]1[C@@H](C(=O)O)C1(C)C. The van der Waals surface area contributed by atoms with Gasteiger partial charge in [-0.05, 0) is 16.7 Å². The minimum atomic E-state index is -0.872. The Balaban J connectivity index is 2.57. The fourth-order valence-corrected chi connectivity index (χ4v) is 2.22. The molecule has 1 amide bonds. The summed E-state index contributed by atoms with van der Waals surface area (Å²) in [7, 11) is 0. The molecule has 0 spiro atoms. The van der Waals surface area contributed by atoms with E-state index in [0.717, 1.165) is 0 Å². The first-order chi connectivity index (χ1) is 8.01. The van der Waals surface area contributed by atoms with Crippen molar-refractivity contribution in [3.8, 4) is 0 Å². The molecule has 2 atom stereocenters. The Morgan fingerprint density at radius 2 is 1.78 bits per heavy atom. The van der Waals surface area contributed by atoms with Crippen LogP contribution in [-0.2, 0) is 9.59 Å². The molecule has 1 aliphatic rings. The minimum Gasteiger partial charge on any atom is -0.481 e. The average Bonchev–Trinajstić information content (AvgIpc) is 2.78.